The van der Waals surface area contributed by atoms with Crippen molar-refractivity contribution in [2.75, 3.05) is 19.7 Å². The second-order valence-corrected chi connectivity index (χ2v) is 13.0. The van der Waals surface area contributed by atoms with Crippen LogP contribution in [0, 0.1) is 0 Å². The van der Waals surface area contributed by atoms with Gasteiger partial charge in [0.05, 0.1) is 11.1 Å². The molecule has 4 aliphatic rings. The Kier molecular flexibility index (Phi) is 7.18. The van der Waals surface area contributed by atoms with Crippen molar-refractivity contribution in [3.05, 3.63) is 70.9 Å². The van der Waals surface area contributed by atoms with Gasteiger partial charge in [-0.1, -0.05) is 12.1 Å². The smallest absolute Gasteiger partial charge is 0.255 e. The lowest BCUT2D eigenvalue weighted by Crippen LogP contribution is -2.52. The van der Waals surface area contributed by atoms with Crippen LogP contribution >= 0.6 is 0 Å². The van der Waals surface area contributed by atoms with Crippen molar-refractivity contribution >= 4 is 28.6 Å². The van der Waals surface area contributed by atoms with E-state index in [4.69, 9.17) is 14.5 Å². The number of benzene rings is 2. The largest absolute Gasteiger partial charge is 0.489 e. The van der Waals surface area contributed by atoms with E-state index >= 15 is 0 Å². The Labute approximate surface area is 251 Å². The predicted octanol–water partition coefficient (Wildman–Crippen LogP) is 4.32. The zero-order valence-corrected chi connectivity index (χ0v) is 24.8. The number of hydrogen-bond acceptors (Lipinski definition) is 7. The Bertz CT molecular complexity index is 1600. The van der Waals surface area contributed by atoms with Gasteiger partial charge in [0.1, 0.15) is 17.9 Å². The number of imide groups is 1. The molecule has 2 aromatic carbocycles. The Morgan fingerprint density at radius 2 is 1.93 bits per heavy atom. The number of aromatic nitrogens is 1. The number of pyridine rings is 1. The summed E-state index contributed by atoms with van der Waals surface area (Å²) in [6, 6.07) is 15.9. The summed E-state index contributed by atoms with van der Waals surface area (Å²) < 4.78 is 12.3. The van der Waals surface area contributed by atoms with Crippen molar-refractivity contribution in [1.82, 2.24) is 20.1 Å². The van der Waals surface area contributed by atoms with Gasteiger partial charge >= 0.3 is 0 Å². The van der Waals surface area contributed by atoms with Gasteiger partial charge < -0.3 is 14.4 Å². The van der Waals surface area contributed by atoms with E-state index in [-0.39, 0.29) is 29.9 Å². The van der Waals surface area contributed by atoms with Gasteiger partial charge in [0.15, 0.2) is 0 Å². The summed E-state index contributed by atoms with van der Waals surface area (Å²) in [4.78, 5) is 45.9. The van der Waals surface area contributed by atoms with Crippen LogP contribution in [0.2, 0.25) is 0 Å². The van der Waals surface area contributed by atoms with E-state index in [1.807, 2.05) is 12.1 Å². The van der Waals surface area contributed by atoms with Crippen LogP contribution in [0.5, 0.6) is 5.75 Å². The van der Waals surface area contributed by atoms with Gasteiger partial charge in [-0.3, -0.25) is 29.6 Å². The summed E-state index contributed by atoms with van der Waals surface area (Å²) in [6.07, 6.45) is 3.60. The molecule has 3 fully saturated rings. The number of carbonyl (C=O) groups excluding carboxylic acids is 3. The highest BCUT2D eigenvalue weighted by atomic mass is 16.5. The highest BCUT2D eigenvalue weighted by Gasteiger charge is 2.39. The van der Waals surface area contributed by atoms with Crippen molar-refractivity contribution in [2.24, 2.45) is 0 Å². The van der Waals surface area contributed by atoms with E-state index < -0.39 is 11.9 Å². The van der Waals surface area contributed by atoms with Crippen molar-refractivity contribution in [3.8, 4) is 5.75 Å². The highest BCUT2D eigenvalue weighted by molar-refractivity contribution is 6.05. The van der Waals surface area contributed by atoms with Gasteiger partial charge in [-0.2, -0.15) is 0 Å². The molecule has 0 bridgehead atoms. The average Bonchev–Trinajstić information content (AvgIpc) is 3.55. The van der Waals surface area contributed by atoms with Gasteiger partial charge in [-0.15, -0.1) is 0 Å². The number of nitrogens with one attached hydrogen (secondary N) is 1. The number of carbonyl (C=O) groups is 3. The van der Waals surface area contributed by atoms with Crippen molar-refractivity contribution in [3.63, 3.8) is 0 Å². The maximum absolute atomic E-state index is 13.0. The van der Waals surface area contributed by atoms with Crippen molar-refractivity contribution in [2.45, 2.75) is 82.7 Å². The van der Waals surface area contributed by atoms with E-state index in [0.29, 0.717) is 24.4 Å². The maximum Gasteiger partial charge on any atom is 0.255 e. The molecule has 224 valence electrons. The fourth-order valence-corrected chi connectivity index (χ4v) is 7.11. The molecule has 0 radical (unpaired) electrons. The first-order chi connectivity index (χ1) is 20.7. The molecule has 3 aromatic rings. The lowest BCUT2D eigenvalue weighted by molar-refractivity contribution is -0.136. The van der Waals surface area contributed by atoms with Gasteiger partial charge in [-0.25, -0.2) is 0 Å². The molecule has 1 N–H and O–H groups in total. The summed E-state index contributed by atoms with van der Waals surface area (Å²) in [5, 5.41) is 3.52. The van der Waals surface area contributed by atoms with Crippen LogP contribution in [0.3, 0.4) is 0 Å². The molecular formula is C34H38N4O5. The first-order valence-electron chi connectivity index (χ1n) is 15.4. The minimum absolute atomic E-state index is 0.0646. The van der Waals surface area contributed by atoms with Crippen molar-refractivity contribution < 1.29 is 23.9 Å². The number of rotatable bonds is 6. The zero-order valence-electron chi connectivity index (χ0n) is 24.8. The lowest BCUT2D eigenvalue weighted by atomic mass is 9.86. The summed E-state index contributed by atoms with van der Waals surface area (Å²) in [5.41, 5.74) is 4.82. The minimum Gasteiger partial charge on any atom is -0.489 e. The molecule has 9 heteroatoms. The fraction of sp³-hybridized carbons (Fsp3) is 0.471. The van der Waals surface area contributed by atoms with E-state index in [9.17, 15) is 14.4 Å². The number of amides is 3. The molecule has 0 unspecified atom stereocenters. The van der Waals surface area contributed by atoms with E-state index in [1.54, 1.807) is 11.0 Å². The Morgan fingerprint density at radius 3 is 2.77 bits per heavy atom. The van der Waals surface area contributed by atoms with Crippen molar-refractivity contribution in [1.29, 1.82) is 0 Å². The topological polar surface area (TPSA) is 101 Å². The molecule has 3 amide bonds. The van der Waals surface area contributed by atoms with Gasteiger partial charge in [0.2, 0.25) is 11.8 Å². The third-order valence-electron chi connectivity index (χ3n) is 9.32. The van der Waals surface area contributed by atoms with Gasteiger partial charge in [-0.05, 0) is 87.1 Å². The van der Waals surface area contributed by atoms with E-state index in [0.717, 1.165) is 68.0 Å². The monoisotopic (exact) mass is 582 g/mol. The van der Waals surface area contributed by atoms with Gasteiger partial charge in [0, 0.05) is 61.8 Å². The lowest BCUT2D eigenvalue weighted by Gasteiger charge is -2.35. The molecule has 0 spiro atoms. The summed E-state index contributed by atoms with van der Waals surface area (Å²) in [7, 11) is 0. The quantitative estimate of drug-likeness (QED) is 0.432. The molecule has 3 saturated heterocycles. The fourth-order valence-electron chi connectivity index (χ4n) is 7.11. The molecular weight excluding hydrogens is 544 g/mol. The van der Waals surface area contributed by atoms with Crippen LogP contribution in [-0.4, -0.2) is 69.9 Å². The molecule has 7 rings (SSSR count). The van der Waals surface area contributed by atoms with Crippen LogP contribution in [0.1, 0.15) is 79.0 Å². The summed E-state index contributed by atoms with van der Waals surface area (Å²) in [6.45, 7) is 8.08. The Hall–Kier alpha value is -3.82. The average molecular weight is 583 g/mol. The summed E-state index contributed by atoms with van der Waals surface area (Å²) >= 11 is 0. The molecule has 1 aromatic heterocycles. The van der Waals surface area contributed by atoms with Gasteiger partial charge in [0.25, 0.3) is 5.91 Å². The third-order valence-corrected chi connectivity index (χ3v) is 9.32. The summed E-state index contributed by atoms with van der Waals surface area (Å²) in [5.74, 6) is 0.325. The van der Waals surface area contributed by atoms with Crippen LogP contribution in [0.4, 0.5) is 0 Å². The third kappa shape index (κ3) is 5.76. The predicted molar refractivity (Wildman–Crippen MR) is 161 cm³/mol. The second kappa shape index (κ2) is 11.0. The molecule has 43 heavy (non-hydrogen) atoms. The normalized spacial score (nSPS) is 25.7. The number of piperidine rings is 1. The number of nitrogens with zero attached hydrogens (tertiary/aromatic N) is 3. The van der Waals surface area contributed by atoms with E-state index in [2.05, 4.69) is 54.4 Å². The molecule has 5 heterocycles. The molecule has 0 aliphatic carbocycles. The zero-order chi connectivity index (χ0) is 29.7. The molecule has 0 saturated carbocycles. The van der Waals surface area contributed by atoms with Crippen LogP contribution in [-0.2, 0) is 27.4 Å². The number of fused-ring (bicyclic) bond motifs is 2. The number of hydrogen-bond donors (Lipinski definition) is 1. The Balaban J connectivity index is 0.957. The minimum atomic E-state index is -0.613. The molecule has 3 atom stereocenters. The highest BCUT2D eigenvalue weighted by Crippen LogP contribution is 2.36. The molecule has 4 aliphatic heterocycles. The van der Waals surface area contributed by atoms with Crippen LogP contribution in [0.25, 0.3) is 10.9 Å². The van der Waals surface area contributed by atoms with Crippen LogP contribution < -0.4 is 10.1 Å². The first-order valence-corrected chi connectivity index (χ1v) is 15.4. The van der Waals surface area contributed by atoms with E-state index in [1.165, 1.54) is 10.9 Å². The Morgan fingerprint density at radius 1 is 1.05 bits per heavy atom. The SMILES string of the molecule is CC1(C)C[C@@H](c2ccc3cc(CN4CC[C@H](Oc5ccc6c(c5)CN([C@H]5CCC(=O)NC5=O)C6=O)C4)ccc3n2)CCO1. The second-order valence-electron chi connectivity index (χ2n) is 13.0. The standard InChI is InChI=1S/C34H38N4O5/c1-34(2)17-23(12-14-42-34)29-8-4-22-15-21(3-7-28(22)35-29)18-37-13-11-26(20-37)43-25-5-6-27-24(16-25)19-38(33(27)41)30-9-10-31(39)36-32(30)40/h3-8,15-16,23,26,30H,9-14,17-20H2,1-2H3,(H,36,39,40)/t23-,26-,30-/m0/s1. The molecule has 9 nitrogen and oxygen atoms in total. The number of ether oxygens (including phenoxy) is 2. The van der Waals surface area contributed by atoms with Crippen LogP contribution in [0.15, 0.2) is 48.5 Å². The first kappa shape index (κ1) is 28.0. The maximum atomic E-state index is 13.0. The number of likely N-dealkylation sites (tertiary alicyclic amines) is 1.